The average Bonchev–Trinajstić information content (AvgIpc) is 2.39. The molecule has 0 atom stereocenters. The molecule has 0 aliphatic carbocycles. The lowest BCUT2D eigenvalue weighted by Crippen LogP contribution is -2.14. The van der Waals surface area contributed by atoms with Gasteiger partial charge in [0.1, 0.15) is 0 Å². The van der Waals surface area contributed by atoms with Crippen LogP contribution in [0.1, 0.15) is 25.3 Å². The fraction of sp³-hybridized carbons (Fsp3) is 0.429. The Labute approximate surface area is 117 Å². The lowest BCUT2D eigenvalue weighted by Gasteiger charge is -2.05. The van der Waals surface area contributed by atoms with Gasteiger partial charge in [-0.15, -0.1) is 0 Å². The summed E-state index contributed by atoms with van der Waals surface area (Å²) in [5.74, 6) is 0.203. The van der Waals surface area contributed by atoms with Gasteiger partial charge in [0.2, 0.25) is 5.91 Å². The monoisotopic (exact) mass is 281 g/mol. The number of nitrogens with one attached hydrogen (secondary N) is 1. The zero-order valence-electron chi connectivity index (χ0n) is 11.0. The van der Waals surface area contributed by atoms with E-state index in [2.05, 4.69) is 12.2 Å². The first kappa shape index (κ1) is 15.6. The van der Waals surface area contributed by atoms with Crippen molar-refractivity contribution in [2.75, 3.05) is 16.8 Å². The molecule has 0 saturated heterocycles. The number of hydrogen-bond donors (Lipinski definition) is 2. The van der Waals surface area contributed by atoms with E-state index in [0.29, 0.717) is 17.9 Å². The lowest BCUT2D eigenvalue weighted by atomic mass is 10.1. The molecule has 1 aromatic carbocycles. The van der Waals surface area contributed by atoms with Crippen LogP contribution in [0.15, 0.2) is 24.3 Å². The second kappa shape index (κ2) is 8.58. The van der Waals surface area contributed by atoms with Crippen LogP contribution in [0.25, 0.3) is 0 Å². The molecule has 0 unspecified atom stereocenters. The van der Waals surface area contributed by atoms with Crippen LogP contribution in [0.4, 0.5) is 5.69 Å². The molecule has 1 amide bonds. The second-order valence-electron chi connectivity index (χ2n) is 4.15. The standard InChI is InChI=1S/C14H19NO3S/c1-2-11-5-7-12(8-6-11)15-13(16)10-19-9-3-4-14(17)18/h5-8H,2-4,9-10H2,1H3,(H,15,16)(H,17,18). The first-order chi connectivity index (χ1) is 9.11. The van der Waals surface area contributed by atoms with Gasteiger partial charge in [-0.2, -0.15) is 11.8 Å². The maximum absolute atomic E-state index is 11.6. The van der Waals surface area contributed by atoms with Gasteiger partial charge in [0.25, 0.3) is 0 Å². The van der Waals surface area contributed by atoms with E-state index >= 15 is 0 Å². The molecule has 0 heterocycles. The molecule has 0 spiro atoms. The number of carboxylic acids is 1. The molecular formula is C14H19NO3S. The summed E-state index contributed by atoms with van der Waals surface area (Å²) in [6.07, 6.45) is 1.74. The predicted octanol–water partition coefficient (Wildman–Crippen LogP) is 2.79. The van der Waals surface area contributed by atoms with E-state index in [1.54, 1.807) is 0 Å². The van der Waals surface area contributed by atoms with Gasteiger partial charge in [-0.1, -0.05) is 19.1 Å². The largest absolute Gasteiger partial charge is 0.481 e. The van der Waals surface area contributed by atoms with E-state index in [-0.39, 0.29) is 12.3 Å². The van der Waals surface area contributed by atoms with Crippen LogP contribution in [0.2, 0.25) is 0 Å². The molecule has 104 valence electrons. The minimum absolute atomic E-state index is 0.0513. The Kier molecular flexibility index (Phi) is 7.03. The van der Waals surface area contributed by atoms with Crippen LogP contribution in [0.5, 0.6) is 0 Å². The van der Waals surface area contributed by atoms with E-state index < -0.39 is 5.97 Å². The Morgan fingerprint density at radius 2 is 1.95 bits per heavy atom. The minimum Gasteiger partial charge on any atom is -0.481 e. The van der Waals surface area contributed by atoms with E-state index in [0.717, 1.165) is 12.1 Å². The Morgan fingerprint density at radius 3 is 2.53 bits per heavy atom. The van der Waals surface area contributed by atoms with Crippen LogP contribution in [0, 0.1) is 0 Å². The van der Waals surface area contributed by atoms with Gasteiger partial charge >= 0.3 is 5.97 Å². The summed E-state index contributed by atoms with van der Waals surface area (Å²) in [4.78, 5) is 21.9. The predicted molar refractivity (Wildman–Crippen MR) is 78.6 cm³/mol. The smallest absolute Gasteiger partial charge is 0.303 e. The molecule has 0 aromatic heterocycles. The molecule has 1 aromatic rings. The van der Waals surface area contributed by atoms with Crippen LogP contribution >= 0.6 is 11.8 Å². The third-order valence-electron chi connectivity index (χ3n) is 2.56. The molecule has 0 bridgehead atoms. The maximum atomic E-state index is 11.6. The average molecular weight is 281 g/mol. The summed E-state index contributed by atoms with van der Waals surface area (Å²) >= 11 is 1.45. The van der Waals surface area contributed by atoms with Gasteiger partial charge in [0.05, 0.1) is 5.75 Å². The van der Waals surface area contributed by atoms with E-state index in [1.165, 1.54) is 17.3 Å². The highest BCUT2D eigenvalue weighted by atomic mass is 32.2. The van der Waals surface area contributed by atoms with Crippen molar-refractivity contribution in [2.24, 2.45) is 0 Å². The maximum Gasteiger partial charge on any atom is 0.303 e. The van der Waals surface area contributed by atoms with Crippen LogP contribution < -0.4 is 5.32 Å². The lowest BCUT2D eigenvalue weighted by molar-refractivity contribution is -0.137. The zero-order chi connectivity index (χ0) is 14.1. The highest BCUT2D eigenvalue weighted by molar-refractivity contribution is 7.99. The number of amides is 1. The van der Waals surface area contributed by atoms with Crippen molar-refractivity contribution in [3.05, 3.63) is 29.8 Å². The van der Waals surface area contributed by atoms with Crippen LogP contribution in [-0.4, -0.2) is 28.5 Å². The summed E-state index contributed by atoms with van der Waals surface area (Å²) in [7, 11) is 0. The van der Waals surface area contributed by atoms with Gasteiger partial charge in [-0.25, -0.2) is 0 Å². The number of aryl methyl sites for hydroxylation is 1. The van der Waals surface area contributed by atoms with Crippen molar-refractivity contribution in [3.63, 3.8) is 0 Å². The van der Waals surface area contributed by atoms with Crippen molar-refractivity contribution >= 4 is 29.3 Å². The summed E-state index contributed by atoms with van der Waals surface area (Å²) in [6, 6.07) is 7.78. The molecular weight excluding hydrogens is 262 g/mol. The van der Waals surface area contributed by atoms with Gasteiger partial charge in [-0.05, 0) is 36.3 Å². The molecule has 2 N–H and O–H groups in total. The quantitative estimate of drug-likeness (QED) is 0.719. The zero-order valence-corrected chi connectivity index (χ0v) is 11.8. The number of benzene rings is 1. The molecule has 1 rings (SSSR count). The highest BCUT2D eigenvalue weighted by Gasteiger charge is 2.03. The number of carbonyl (C=O) groups excluding carboxylic acids is 1. The normalized spacial score (nSPS) is 10.2. The third-order valence-corrected chi connectivity index (χ3v) is 3.60. The number of aliphatic carboxylic acids is 1. The Balaban J connectivity index is 2.21. The number of carbonyl (C=O) groups is 2. The van der Waals surface area contributed by atoms with Crippen molar-refractivity contribution < 1.29 is 14.7 Å². The van der Waals surface area contributed by atoms with Gasteiger partial charge in [0.15, 0.2) is 0 Å². The fourth-order valence-corrected chi connectivity index (χ4v) is 2.26. The van der Waals surface area contributed by atoms with Crippen molar-refractivity contribution in [1.82, 2.24) is 0 Å². The van der Waals surface area contributed by atoms with Crippen LogP contribution in [-0.2, 0) is 16.0 Å². The first-order valence-electron chi connectivity index (χ1n) is 6.30. The van der Waals surface area contributed by atoms with Gasteiger partial charge < -0.3 is 10.4 Å². The molecule has 0 aliphatic heterocycles. The number of rotatable bonds is 8. The molecule has 5 heteroatoms. The Bertz CT molecular complexity index is 417. The molecule has 0 aliphatic rings. The van der Waals surface area contributed by atoms with Gasteiger partial charge in [-0.3, -0.25) is 9.59 Å². The number of hydrogen-bond acceptors (Lipinski definition) is 3. The highest BCUT2D eigenvalue weighted by Crippen LogP contribution is 2.11. The summed E-state index contributed by atoms with van der Waals surface area (Å²) < 4.78 is 0. The molecule has 0 fully saturated rings. The molecule has 0 saturated carbocycles. The van der Waals surface area contributed by atoms with Crippen molar-refractivity contribution in [3.8, 4) is 0 Å². The molecule has 19 heavy (non-hydrogen) atoms. The van der Waals surface area contributed by atoms with E-state index in [1.807, 2.05) is 24.3 Å². The Hall–Kier alpha value is -1.49. The van der Waals surface area contributed by atoms with Crippen LogP contribution in [0.3, 0.4) is 0 Å². The molecule has 4 nitrogen and oxygen atoms in total. The van der Waals surface area contributed by atoms with E-state index in [4.69, 9.17) is 5.11 Å². The minimum atomic E-state index is -0.791. The first-order valence-corrected chi connectivity index (χ1v) is 7.45. The molecule has 0 radical (unpaired) electrons. The van der Waals surface area contributed by atoms with Crippen molar-refractivity contribution in [2.45, 2.75) is 26.2 Å². The Morgan fingerprint density at radius 1 is 1.26 bits per heavy atom. The van der Waals surface area contributed by atoms with Crippen molar-refractivity contribution in [1.29, 1.82) is 0 Å². The summed E-state index contributed by atoms with van der Waals surface area (Å²) in [5, 5.41) is 11.3. The topological polar surface area (TPSA) is 66.4 Å². The van der Waals surface area contributed by atoms with Gasteiger partial charge in [0, 0.05) is 12.1 Å². The third kappa shape index (κ3) is 6.86. The fourth-order valence-electron chi connectivity index (χ4n) is 1.51. The number of carboxylic acid groups (broad SMARTS) is 1. The number of anilines is 1. The number of thioether (sulfide) groups is 1. The summed E-state index contributed by atoms with van der Waals surface area (Å²) in [6.45, 7) is 2.08. The van der Waals surface area contributed by atoms with E-state index in [9.17, 15) is 9.59 Å². The SMILES string of the molecule is CCc1ccc(NC(=O)CSCCCC(=O)O)cc1. The second-order valence-corrected chi connectivity index (χ2v) is 5.25. The summed E-state index contributed by atoms with van der Waals surface area (Å²) in [5.41, 5.74) is 2.04.